The molecule has 1 rings (SSSR count). The number of allylic oxidation sites excluding steroid dienone is 3. The van der Waals surface area contributed by atoms with Gasteiger partial charge in [-0.15, -0.1) is 0 Å². The fraction of sp³-hybridized carbons (Fsp3) is 0.583. The summed E-state index contributed by atoms with van der Waals surface area (Å²) in [6.07, 6.45) is 3.54. The van der Waals surface area contributed by atoms with E-state index in [1.807, 2.05) is 40.7 Å². The van der Waals surface area contributed by atoms with Crippen LogP contribution in [-0.4, -0.2) is 10.9 Å². The summed E-state index contributed by atoms with van der Waals surface area (Å²) in [5.41, 5.74) is 0.250. The van der Waals surface area contributed by atoms with Crippen molar-refractivity contribution in [3.8, 4) is 0 Å². The zero-order valence-corrected chi connectivity index (χ0v) is 9.51. The number of carbonyl (C=O) groups excluding carboxylic acids is 1. The van der Waals surface area contributed by atoms with Crippen LogP contribution in [0.2, 0.25) is 0 Å². The van der Waals surface area contributed by atoms with Crippen LogP contribution in [0.1, 0.15) is 34.6 Å². The zero-order valence-electron chi connectivity index (χ0n) is 9.51. The van der Waals surface area contributed by atoms with Crippen LogP contribution in [0.4, 0.5) is 0 Å². The molecule has 2 heteroatoms. The van der Waals surface area contributed by atoms with Gasteiger partial charge in [-0.1, -0.05) is 40.7 Å². The SMILES string of the molecule is CC1(C)C=C(O)C(=O)C(C(C)(C)C)=C1. The smallest absolute Gasteiger partial charge is 0.223 e. The number of ketones is 1. The molecule has 2 nitrogen and oxygen atoms in total. The molecule has 0 unspecified atom stereocenters. The molecule has 0 heterocycles. The van der Waals surface area contributed by atoms with E-state index < -0.39 is 0 Å². The molecule has 0 atom stereocenters. The Morgan fingerprint density at radius 3 is 2.14 bits per heavy atom. The summed E-state index contributed by atoms with van der Waals surface area (Å²) in [4.78, 5) is 11.7. The van der Waals surface area contributed by atoms with Crippen LogP contribution >= 0.6 is 0 Å². The van der Waals surface area contributed by atoms with E-state index in [0.717, 1.165) is 0 Å². The van der Waals surface area contributed by atoms with E-state index in [9.17, 15) is 9.90 Å². The number of aliphatic hydroxyl groups is 1. The molecule has 0 spiro atoms. The number of hydrogen-bond acceptors (Lipinski definition) is 2. The van der Waals surface area contributed by atoms with Gasteiger partial charge in [0, 0.05) is 11.0 Å². The number of carbonyl (C=O) groups is 1. The van der Waals surface area contributed by atoms with Crippen molar-refractivity contribution in [2.45, 2.75) is 34.6 Å². The van der Waals surface area contributed by atoms with Gasteiger partial charge >= 0.3 is 0 Å². The van der Waals surface area contributed by atoms with Crippen molar-refractivity contribution >= 4 is 5.78 Å². The zero-order chi connectivity index (χ0) is 11.1. The van der Waals surface area contributed by atoms with Gasteiger partial charge in [0.25, 0.3) is 0 Å². The third-order valence-corrected chi connectivity index (χ3v) is 2.31. The molecule has 0 aliphatic heterocycles. The molecular formula is C12H18O2. The van der Waals surface area contributed by atoms with Crippen LogP contribution < -0.4 is 0 Å². The second kappa shape index (κ2) is 2.97. The topological polar surface area (TPSA) is 37.3 Å². The van der Waals surface area contributed by atoms with Crippen LogP contribution in [0.5, 0.6) is 0 Å². The average molecular weight is 194 g/mol. The van der Waals surface area contributed by atoms with E-state index in [0.29, 0.717) is 5.57 Å². The average Bonchev–Trinajstić information content (AvgIpc) is 1.93. The van der Waals surface area contributed by atoms with Gasteiger partial charge in [-0.3, -0.25) is 4.79 Å². The highest BCUT2D eigenvalue weighted by Gasteiger charge is 2.32. The lowest BCUT2D eigenvalue weighted by Crippen LogP contribution is -2.26. The lowest BCUT2D eigenvalue weighted by molar-refractivity contribution is -0.115. The molecule has 0 aromatic heterocycles. The Balaban J connectivity index is 3.21. The Kier molecular flexibility index (Phi) is 2.34. The second-order valence-electron chi connectivity index (χ2n) is 5.49. The monoisotopic (exact) mass is 194 g/mol. The summed E-state index contributed by atoms with van der Waals surface area (Å²) in [6, 6.07) is 0. The molecule has 1 N–H and O–H groups in total. The second-order valence-corrected chi connectivity index (χ2v) is 5.49. The lowest BCUT2D eigenvalue weighted by Gasteiger charge is -2.29. The van der Waals surface area contributed by atoms with Gasteiger partial charge in [0.05, 0.1) is 0 Å². The predicted octanol–water partition coefficient (Wildman–Crippen LogP) is 3.01. The third-order valence-electron chi connectivity index (χ3n) is 2.31. The first-order valence-corrected chi connectivity index (χ1v) is 4.83. The van der Waals surface area contributed by atoms with Crippen LogP contribution in [0.25, 0.3) is 0 Å². The van der Waals surface area contributed by atoms with E-state index in [2.05, 4.69) is 0 Å². The Morgan fingerprint density at radius 2 is 1.71 bits per heavy atom. The predicted molar refractivity (Wildman–Crippen MR) is 57.0 cm³/mol. The molecule has 1 aliphatic carbocycles. The Hall–Kier alpha value is -1.05. The van der Waals surface area contributed by atoms with Gasteiger partial charge in [0.1, 0.15) is 0 Å². The quantitative estimate of drug-likeness (QED) is 0.643. The highest BCUT2D eigenvalue weighted by molar-refractivity contribution is 6.08. The minimum atomic E-state index is -0.239. The van der Waals surface area contributed by atoms with Gasteiger partial charge in [-0.05, 0) is 11.5 Å². The van der Waals surface area contributed by atoms with Crippen LogP contribution in [0.15, 0.2) is 23.5 Å². The molecule has 0 radical (unpaired) electrons. The minimum Gasteiger partial charge on any atom is -0.504 e. The maximum atomic E-state index is 11.7. The molecule has 0 aromatic rings. The summed E-state index contributed by atoms with van der Waals surface area (Å²) in [7, 11) is 0. The third kappa shape index (κ3) is 2.06. The van der Waals surface area contributed by atoms with Crippen molar-refractivity contribution in [2.24, 2.45) is 10.8 Å². The maximum Gasteiger partial charge on any atom is 0.223 e. The lowest BCUT2D eigenvalue weighted by atomic mass is 9.74. The van der Waals surface area contributed by atoms with E-state index in [1.165, 1.54) is 0 Å². The molecule has 14 heavy (non-hydrogen) atoms. The summed E-state index contributed by atoms with van der Waals surface area (Å²) >= 11 is 0. The Morgan fingerprint density at radius 1 is 1.21 bits per heavy atom. The largest absolute Gasteiger partial charge is 0.504 e. The van der Waals surface area contributed by atoms with Crippen LogP contribution in [0.3, 0.4) is 0 Å². The van der Waals surface area contributed by atoms with Crippen molar-refractivity contribution in [2.75, 3.05) is 0 Å². The Bertz CT molecular complexity index is 325. The van der Waals surface area contributed by atoms with E-state index in [4.69, 9.17) is 0 Å². The highest BCUT2D eigenvalue weighted by atomic mass is 16.3. The van der Waals surface area contributed by atoms with E-state index in [1.54, 1.807) is 6.08 Å². The number of aliphatic hydroxyl groups excluding tert-OH is 1. The fourth-order valence-corrected chi connectivity index (χ4v) is 1.59. The number of rotatable bonds is 0. The molecule has 0 saturated heterocycles. The summed E-state index contributed by atoms with van der Waals surface area (Å²) in [5, 5.41) is 9.52. The van der Waals surface area contributed by atoms with Crippen LogP contribution in [0, 0.1) is 10.8 Å². The summed E-state index contributed by atoms with van der Waals surface area (Å²) < 4.78 is 0. The van der Waals surface area contributed by atoms with Crippen molar-refractivity contribution in [1.82, 2.24) is 0 Å². The van der Waals surface area contributed by atoms with Gasteiger partial charge < -0.3 is 5.11 Å². The highest BCUT2D eigenvalue weighted by Crippen LogP contribution is 2.36. The van der Waals surface area contributed by atoms with Crippen molar-refractivity contribution in [1.29, 1.82) is 0 Å². The molecule has 0 saturated carbocycles. The molecule has 0 bridgehead atoms. The first-order valence-electron chi connectivity index (χ1n) is 4.83. The standard InChI is InChI=1S/C12H18O2/c1-11(2,3)8-6-12(4,5)7-9(13)10(8)14/h6-7,13H,1-5H3. The molecule has 0 aromatic carbocycles. The van der Waals surface area contributed by atoms with Gasteiger partial charge in [-0.2, -0.15) is 0 Å². The summed E-state index contributed by atoms with van der Waals surface area (Å²) in [6.45, 7) is 9.88. The molecule has 0 amide bonds. The molecular weight excluding hydrogens is 176 g/mol. The van der Waals surface area contributed by atoms with Gasteiger partial charge in [0.15, 0.2) is 5.76 Å². The first-order chi connectivity index (χ1) is 6.13. The molecule has 1 aliphatic rings. The van der Waals surface area contributed by atoms with Crippen molar-refractivity contribution in [3.63, 3.8) is 0 Å². The molecule has 0 fully saturated rings. The van der Waals surface area contributed by atoms with Crippen molar-refractivity contribution < 1.29 is 9.90 Å². The summed E-state index contributed by atoms with van der Waals surface area (Å²) in [5.74, 6) is -0.362. The first kappa shape index (κ1) is 11.0. The molecule has 78 valence electrons. The Labute approximate surface area is 85.3 Å². The fourth-order valence-electron chi connectivity index (χ4n) is 1.59. The normalized spacial score (nSPS) is 21.6. The van der Waals surface area contributed by atoms with Crippen LogP contribution in [-0.2, 0) is 4.79 Å². The van der Waals surface area contributed by atoms with Gasteiger partial charge in [0.2, 0.25) is 5.78 Å². The number of hydrogen-bond donors (Lipinski definition) is 1. The minimum absolute atomic E-state index is 0.123. The maximum absolute atomic E-state index is 11.7. The van der Waals surface area contributed by atoms with Gasteiger partial charge in [-0.25, -0.2) is 0 Å². The van der Waals surface area contributed by atoms with Crippen molar-refractivity contribution in [3.05, 3.63) is 23.5 Å². The van der Waals surface area contributed by atoms with E-state index >= 15 is 0 Å². The number of Topliss-reactive ketones (excluding diaryl/α,β-unsaturated/α-hetero) is 1. The van der Waals surface area contributed by atoms with E-state index in [-0.39, 0.29) is 22.4 Å².